The van der Waals surface area contributed by atoms with E-state index in [1.807, 2.05) is 0 Å². The summed E-state index contributed by atoms with van der Waals surface area (Å²) in [4.78, 5) is 12.1. The van der Waals surface area contributed by atoms with Crippen molar-refractivity contribution in [3.63, 3.8) is 0 Å². The standard InChI is InChI=1S/C12H22N2OS/c1-8-6-4-3-5-7-10(8)14-12(15)9(2)11(13)16/h8-10H,3-7H2,1-2H3,(H2,13,16)(H,14,15). The highest BCUT2D eigenvalue weighted by atomic mass is 32.1. The van der Waals surface area contributed by atoms with E-state index in [0.717, 1.165) is 6.42 Å². The number of thiocarbonyl (C=S) groups is 1. The maximum Gasteiger partial charge on any atom is 0.229 e. The number of amides is 1. The number of hydrogen-bond acceptors (Lipinski definition) is 2. The molecule has 0 aromatic carbocycles. The van der Waals surface area contributed by atoms with E-state index < -0.39 is 0 Å². The van der Waals surface area contributed by atoms with Crippen molar-refractivity contribution in [1.82, 2.24) is 5.32 Å². The Balaban J connectivity index is 2.51. The lowest BCUT2D eigenvalue weighted by atomic mass is 9.96. The van der Waals surface area contributed by atoms with Gasteiger partial charge in [0.25, 0.3) is 0 Å². The lowest BCUT2D eigenvalue weighted by Gasteiger charge is -2.24. The summed E-state index contributed by atoms with van der Waals surface area (Å²) in [6, 6.07) is 0.298. The quantitative estimate of drug-likeness (QED) is 0.588. The van der Waals surface area contributed by atoms with Crippen molar-refractivity contribution in [1.29, 1.82) is 0 Å². The first-order chi connectivity index (χ1) is 7.52. The van der Waals surface area contributed by atoms with Crippen LogP contribution in [-0.2, 0) is 4.79 Å². The molecule has 1 rings (SSSR count). The van der Waals surface area contributed by atoms with Gasteiger partial charge in [0, 0.05) is 6.04 Å². The average molecular weight is 242 g/mol. The van der Waals surface area contributed by atoms with Gasteiger partial charge in [-0.3, -0.25) is 4.79 Å². The molecule has 0 bridgehead atoms. The Morgan fingerprint density at radius 2 is 2.00 bits per heavy atom. The first-order valence-electron chi connectivity index (χ1n) is 6.12. The van der Waals surface area contributed by atoms with Crippen LogP contribution in [0.3, 0.4) is 0 Å². The summed E-state index contributed by atoms with van der Waals surface area (Å²) in [6.07, 6.45) is 6.04. The third-order valence-electron chi connectivity index (χ3n) is 3.51. The van der Waals surface area contributed by atoms with Crippen LogP contribution in [0.1, 0.15) is 46.0 Å². The van der Waals surface area contributed by atoms with E-state index in [0.29, 0.717) is 12.0 Å². The molecule has 1 fully saturated rings. The zero-order valence-electron chi connectivity index (χ0n) is 10.2. The summed E-state index contributed by atoms with van der Waals surface area (Å²) in [7, 11) is 0. The summed E-state index contributed by atoms with van der Waals surface area (Å²) >= 11 is 4.84. The second-order valence-electron chi connectivity index (χ2n) is 4.85. The van der Waals surface area contributed by atoms with Gasteiger partial charge in [-0.2, -0.15) is 0 Å². The first-order valence-corrected chi connectivity index (χ1v) is 6.53. The Kier molecular flexibility index (Phi) is 5.19. The van der Waals surface area contributed by atoms with Crippen molar-refractivity contribution < 1.29 is 4.79 Å². The first kappa shape index (κ1) is 13.4. The molecule has 1 amide bonds. The molecule has 0 saturated heterocycles. The Hall–Kier alpha value is -0.640. The fraction of sp³-hybridized carbons (Fsp3) is 0.833. The second-order valence-corrected chi connectivity index (χ2v) is 5.33. The molecule has 1 aliphatic carbocycles. The van der Waals surface area contributed by atoms with Crippen molar-refractivity contribution in [2.24, 2.45) is 17.6 Å². The Bertz CT molecular complexity index is 268. The van der Waals surface area contributed by atoms with E-state index in [2.05, 4.69) is 12.2 Å². The average Bonchev–Trinajstić information content (AvgIpc) is 2.43. The third-order valence-corrected chi connectivity index (χ3v) is 3.86. The molecule has 3 nitrogen and oxygen atoms in total. The minimum absolute atomic E-state index is 0.0220. The molecule has 0 aromatic heterocycles. The molecular weight excluding hydrogens is 220 g/mol. The number of nitrogens with two attached hydrogens (primary N) is 1. The monoisotopic (exact) mass is 242 g/mol. The van der Waals surface area contributed by atoms with E-state index >= 15 is 0 Å². The molecule has 0 radical (unpaired) electrons. The van der Waals surface area contributed by atoms with E-state index in [1.54, 1.807) is 6.92 Å². The molecule has 1 saturated carbocycles. The predicted octanol–water partition coefficient (Wildman–Crippen LogP) is 1.99. The SMILES string of the molecule is CC(C(=O)NC1CCCCCC1C)C(N)=S. The largest absolute Gasteiger partial charge is 0.393 e. The number of carbonyl (C=O) groups excluding carboxylic acids is 1. The number of nitrogens with one attached hydrogen (secondary N) is 1. The summed E-state index contributed by atoms with van der Waals surface area (Å²) in [5.41, 5.74) is 5.48. The molecule has 1 aliphatic rings. The zero-order valence-corrected chi connectivity index (χ0v) is 11.0. The zero-order chi connectivity index (χ0) is 12.1. The Morgan fingerprint density at radius 1 is 1.38 bits per heavy atom. The molecule has 0 spiro atoms. The molecule has 92 valence electrons. The minimum atomic E-state index is -0.356. The normalized spacial score (nSPS) is 27.9. The van der Waals surface area contributed by atoms with Crippen molar-refractivity contribution in [2.45, 2.75) is 52.0 Å². The fourth-order valence-corrected chi connectivity index (χ4v) is 2.25. The van der Waals surface area contributed by atoms with Crippen LogP contribution in [0.15, 0.2) is 0 Å². The molecule has 3 atom stereocenters. The van der Waals surface area contributed by atoms with Crippen molar-refractivity contribution in [3.8, 4) is 0 Å². The smallest absolute Gasteiger partial charge is 0.229 e. The van der Waals surface area contributed by atoms with Gasteiger partial charge in [0.1, 0.15) is 0 Å². The fourth-order valence-electron chi connectivity index (χ4n) is 2.14. The van der Waals surface area contributed by atoms with Gasteiger partial charge < -0.3 is 11.1 Å². The van der Waals surface area contributed by atoms with E-state index in [-0.39, 0.29) is 16.8 Å². The minimum Gasteiger partial charge on any atom is -0.393 e. The molecule has 0 aliphatic heterocycles. The summed E-state index contributed by atoms with van der Waals surface area (Å²) in [5.74, 6) is 0.182. The Morgan fingerprint density at radius 3 is 2.62 bits per heavy atom. The maximum absolute atomic E-state index is 11.8. The van der Waals surface area contributed by atoms with Crippen LogP contribution < -0.4 is 11.1 Å². The molecular formula is C12H22N2OS. The predicted molar refractivity (Wildman–Crippen MR) is 70.1 cm³/mol. The van der Waals surface area contributed by atoms with Gasteiger partial charge in [-0.15, -0.1) is 0 Å². The van der Waals surface area contributed by atoms with Gasteiger partial charge in [0.05, 0.1) is 10.9 Å². The van der Waals surface area contributed by atoms with Crippen LogP contribution >= 0.6 is 12.2 Å². The van der Waals surface area contributed by atoms with Gasteiger partial charge >= 0.3 is 0 Å². The van der Waals surface area contributed by atoms with Crippen molar-refractivity contribution in [3.05, 3.63) is 0 Å². The number of hydrogen-bond donors (Lipinski definition) is 2. The summed E-state index contributed by atoms with van der Waals surface area (Å²) < 4.78 is 0. The van der Waals surface area contributed by atoms with Crippen LogP contribution in [0.4, 0.5) is 0 Å². The van der Waals surface area contributed by atoms with Gasteiger partial charge in [-0.25, -0.2) is 0 Å². The lowest BCUT2D eigenvalue weighted by Crippen LogP contribution is -2.44. The highest BCUT2D eigenvalue weighted by molar-refractivity contribution is 7.80. The van der Waals surface area contributed by atoms with Crippen LogP contribution in [0.25, 0.3) is 0 Å². The number of carbonyl (C=O) groups is 1. The maximum atomic E-state index is 11.8. The number of rotatable bonds is 3. The highest BCUT2D eigenvalue weighted by Crippen LogP contribution is 2.23. The van der Waals surface area contributed by atoms with E-state index in [9.17, 15) is 4.79 Å². The lowest BCUT2D eigenvalue weighted by molar-refractivity contribution is -0.123. The Labute approximate surface area is 103 Å². The summed E-state index contributed by atoms with van der Waals surface area (Å²) in [6.45, 7) is 3.97. The summed E-state index contributed by atoms with van der Waals surface area (Å²) in [5, 5.41) is 3.08. The second kappa shape index (κ2) is 6.18. The van der Waals surface area contributed by atoms with Crippen LogP contribution in [-0.4, -0.2) is 16.9 Å². The van der Waals surface area contributed by atoms with Crippen molar-refractivity contribution in [2.75, 3.05) is 0 Å². The topological polar surface area (TPSA) is 55.1 Å². The van der Waals surface area contributed by atoms with E-state index in [1.165, 1.54) is 25.7 Å². The van der Waals surface area contributed by atoms with Gasteiger partial charge in [-0.1, -0.05) is 38.4 Å². The van der Waals surface area contributed by atoms with Crippen LogP contribution in [0.5, 0.6) is 0 Å². The van der Waals surface area contributed by atoms with E-state index in [4.69, 9.17) is 18.0 Å². The third kappa shape index (κ3) is 3.74. The molecule has 0 aromatic rings. The molecule has 16 heavy (non-hydrogen) atoms. The van der Waals surface area contributed by atoms with Crippen molar-refractivity contribution >= 4 is 23.1 Å². The van der Waals surface area contributed by atoms with Gasteiger partial charge in [0.15, 0.2) is 0 Å². The molecule has 0 heterocycles. The van der Waals surface area contributed by atoms with Gasteiger partial charge in [0.2, 0.25) is 5.91 Å². The molecule has 3 unspecified atom stereocenters. The van der Waals surface area contributed by atoms with Gasteiger partial charge in [-0.05, 0) is 25.7 Å². The highest BCUT2D eigenvalue weighted by Gasteiger charge is 2.24. The van der Waals surface area contributed by atoms with Crippen LogP contribution in [0.2, 0.25) is 0 Å². The van der Waals surface area contributed by atoms with Crippen LogP contribution in [0, 0.1) is 11.8 Å². The molecule has 4 heteroatoms. The molecule has 3 N–H and O–H groups in total.